The first-order valence-electron chi connectivity index (χ1n) is 9.58. The zero-order valence-electron chi connectivity index (χ0n) is 17.6. The lowest BCUT2D eigenvalue weighted by atomic mass is 10.1. The standard InChI is InChI=1S/C23H22N2O6/c1-12-15(10-20-23(29)22-18(27)7-13(26)8-19(22)31-20)16-9-14(30-4)5-6-17(16)25(12)11-21(28)24(2)3/h5-10,26-27H,11H2,1-4H3. The SMILES string of the molecule is COc1ccc2c(c1)c(C=C1Oc3cc(O)cc(O)c3C1=O)c(C)n2CC(=O)N(C)C. The number of aromatic hydroxyl groups is 2. The molecule has 8 heteroatoms. The summed E-state index contributed by atoms with van der Waals surface area (Å²) in [7, 11) is 4.95. The van der Waals surface area contributed by atoms with E-state index in [2.05, 4.69) is 0 Å². The number of aromatic nitrogens is 1. The molecule has 0 aliphatic carbocycles. The van der Waals surface area contributed by atoms with E-state index in [9.17, 15) is 19.8 Å². The van der Waals surface area contributed by atoms with E-state index < -0.39 is 5.78 Å². The molecule has 0 atom stereocenters. The second-order valence-corrected chi connectivity index (χ2v) is 7.53. The molecule has 2 N–H and O–H groups in total. The Balaban J connectivity index is 1.88. The van der Waals surface area contributed by atoms with Crippen molar-refractivity contribution in [3.63, 3.8) is 0 Å². The highest BCUT2D eigenvalue weighted by Crippen LogP contribution is 2.41. The van der Waals surface area contributed by atoms with Crippen molar-refractivity contribution in [1.29, 1.82) is 0 Å². The zero-order chi connectivity index (χ0) is 22.4. The Labute approximate surface area is 178 Å². The van der Waals surface area contributed by atoms with Crippen LogP contribution in [0.15, 0.2) is 36.1 Å². The molecule has 1 aliphatic heterocycles. The third-order valence-electron chi connectivity index (χ3n) is 5.38. The first kappa shape index (κ1) is 20.3. The molecule has 0 saturated heterocycles. The molecule has 160 valence electrons. The largest absolute Gasteiger partial charge is 0.508 e. The summed E-state index contributed by atoms with van der Waals surface area (Å²) in [6.07, 6.45) is 1.59. The monoisotopic (exact) mass is 422 g/mol. The minimum atomic E-state index is -0.486. The van der Waals surface area contributed by atoms with Crippen molar-refractivity contribution in [2.75, 3.05) is 21.2 Å². The molecule has 0 saturated carbocycles. The Morgan fingerprint density at radius 3 is 2.65 bits per heavy atom. The van der Waals surface area contributed by atoms with Gasteiger partial charge >= 0.3 is 0 Å². The molecule has 1 aromatic heterocycles. The topological polar surface area (TPSA) is 101 Å². The summed E-state index contributed by atoms with van der Waals surface area (Å²) in [6, 6.07) is 7.88. The van der Waals surface area contributed by atoms with Crippen LogP contribution in [0.5, 0.6) is 23.0 Å². The number of carbonyl (C=O) groups is 2. The number of Topliss-reactive ketones (excluding diaryl/α,β-unsaturated/α-hetero) is 1. The molecule has 2 aromatic carbocycles. The molecule has 4 rings (SSSR count). The number of likely N-dealkylation sites (N-methyl/N-ethyl adjacent to an activating group) is 1. The molecule has 0 spiro atoms. The number of hydrogen-bond acceptors (Lipinski definition) is 6. The van der Waals surface area contributed by atoms with Crippen LogP contribution >= 0.6 is 0 Å². The Morgan fingerprint density at radius 2 is 1.97 bits per heavy atom. The molecular formula is C23H22N2O6. The van der Waals surface area contributed by atoms with Crippen LogP contribution in [0.4, 0.5) is 0 Å². The molecular weight excluding hydrogens is 400 g/mol. The molecule has 0 fully saturated rings. The number of nitrogens with zero attached hydrogens (tertiary/aromatic N) is 2. The van der Waals surface area contributed by atoms with E-state index in [4.69, 9.17) is 9.47 Å². The zero-order valence-corrected chi connectivity index (χ0v) is 17.6. The first-order chi connectivity index (χ1) is 14.7. The van der Waals surface area contributed by atoms with Gasteiger partial charge in [-0.1, -0.05) is 0 Å². The highest BCUT2D eigenvalue weighted by atomic mass is 16.5. The normalized spacial score (nSPS) is 14.1. The summed E-state index contributed by atoms with van der Waals surface area (Å²) < 4.78 is 12.9. The minimum Gasteiger partial charge on any atom is -0.508 e. The number of methoxy groups -OCH3 is 1. The van der Waals surface area contributed by atoms with E-state index in [1.807, 2.05) is 29.7 Å². The predicted molar refractivity (Wildman–Crippen MR) is 115 cm³/mol. The van der Waals surface area contributed by atoms with Crippen LogP contribution < -0.4 is 9.47 Å². The van der Waals surface area contributed by atoms with E-state index in [0.29, 0.717) is 11.3 Å². The summed E-state index contributed by atoms with van der Waals surface area (Å²) in [5.74, 6) is -0.370. The van der Waals surface area contributed by atoms with Crippen molar-refractivity contribution in [2.24, 2.45) is 0 Å². The van der Waals surface area contributed by atoms with Gasteiger partial charge in [-0.05, 0) is 31.2 Å². The van der Waals surface area contributed by atoms with E-state index in [1.165, 1.54) is 11.0 Å². The van der Waals surface area contributed by atoms with Gasteiger partial charge in [0.05, 0.1) is 7.11 Å². The highest BCUT2D eigenvalue weighted by Gasteiger charge is 2.32. The highest BCUT2D eigenvalue weighted by molar-refractivity contribution is 6.17. The summed E-state index contributed by atoms with van der Waals surface area (Å²) in [4.78, 5) is 26.8. The number of allylic oxidation sites excluding steroid dienone is 1. The second-order valence-electron chi connectivity index (χ2n) is 7.53. The van der Waals surface area contributed by atoms with Gasteiger partial charge in [0.25, 0.3) is 0 Å². The van der Waals surface area contributed by atoms with Crippen molar-refractivity contribution >= 4 is 28.7 Å². The minimum absolute atomic E-state index is 0.00538. The van der Waals surface area contributed by atoms with Gasteiger partial charge in [0, 0.05) is 48.4 Å². The molecule has 0 unspecified atom stereocenters. The summed E-state index contributed by atoms with van der Waals surface area (Å²) in [6.45, 7) is 1.99. The maximum Gasteiger partial charge on any atom is 0.242 e. The summed E-state index contributed by atoms with van der Waals surface area (Å²) >= 11 is 0. The molecule has 3 aromatic rings. The number of rotatable bonds is 4. The number of phenolic OH excluding ortho intramolecular Hbond substituents is 2. The van der Waals surface area contributed by atoms with Crippen LogP contribution in [0.2, 0.25) is 0 Å². The molecule has 1 amide bonds. The van der Waals surface area contributed by atoms with Crippen LogP contribution in [0, 0.1) is 6.92 Å². The molecule has 1 aliphatic rings. The van der Waals surface area contributed by atoms with Gasteiger partial charge in [0.2, 0.25) is 11.7 Å². The van der Waals surface area contributed by atoms with Gasteiger partial charge in [0.15, 0.2) is 5.76 Å². The average Bonchev–Trinajstić information content (AvgIpc) is 3.16. The lowest BCUT2D eigenvalue weighted by molar-refractivity contribution is -0.129. The van der Waals surface area contributed by atoms with Crippen molar-refractivity contribution < 1.29 is 29.3 Å². The fourth-order valence-corrected chi connectivity index (χ4v) is 3.69. The van der Waals surface area contributed by atoms with E-state index >= 15 is 0 Å². The summed E-state index contributed by atoms with van der Waals surface area (Å²) in [5, 5.41) is 20.5. The van der Waals surface area contributed by atoms with E-state index in [0.717, 1.165) is 22.7 Å². The van der Waals surface area contributed by atoms with Gasteiger partial charge in [0.1, 0.15) is 35.1 Å². The second kappa shape index (κ2) is 7.39. The Bertz CT molecular complexity index is 1270. The third-order valence-corrected chi connectivity index (χ3v) is 5.38. The van der Waals surface area contributed by atoms with Crippen molar-refractivity contribution in [1.82, 2.24) is 9.47 Å². The quantitative estimate of drug-likeness (QED) is 0.627. The van der Waals surface area contributed by atoms with Gasteiger partial charge in [-0.15, -0.1) is 0 Å². The first-order valence-corrected chi connectivity index (χ1v) is 9.58. The van der Waals surface area contributed by atoms with Crippen molar-refractivity contribution in [3.05, 3.63) is 52.9 Å². The number of ketones is 1. The number of benzene rings is 2. The van der Waals surface area contributed by atoms with Crippen LogP contribution in [0.3, 0.4) is 0 Å². The lowest BCUT2D eigenvalue weighted by Crippen LogP contribution is -2.26. The number of phenols is 2. The Hall–Kier alpha value is -3.94. The maximum absolute atomic E-state index is 12.9. The third kappa shape index (κ3) is 3.35. The van der Waals surface area contributed by atoms with Gasteiger partial charge < -0.3 is 29.2 Å². The van der Waals surface area contributed by atoms with Gasteiger partial charge in [-0.25, -0.2) is 0 Å². The fourth-order valence-electron chi connectivity index (χ4n) is 3.69. The Morgan fingerprint density at radius 1 is 1.23 bits per heavy atom. The Kier molecular flexibility index (Phi) is 4.85. The van der Waals surface area contributed by atoms with Gasteiger partial charge in [-0.2, -0.15) is 0 Å². The molecule has 8 nitrogen and oxygen atoms in total. The van der Waals surface area contributed by atoms with Crippen molar-refractivity contribution in [2.45, 2.75) is 13.5 Å². The fraction of sp³-hybridized carbons (Fsp3) is 0.217. The number of amides is 1. The number of carbonyl (C=O) groups excluding carboxylic acids is 2. The smallest absolute Gasteiger partial charge is 0.242 e. The molecule has 2 heterocycles. The van der Waals surface area contributed by atoms with Crippen LogP contribution in [-0.2, 0) is 11.3 Å². The van der Waals surface area contributed by atoms with Crippen LogP contribution in [-0.4, -0.2) is 52.6 Å². The van der Waals surface area contributed by atoms with Crippen LogP contribution in [0.1, 0.15) is 21.6 Å². The average molecular weight is 422 g/mol. The molecule has 31 heavy (non-hydrogen) atoms. The summed E-state index contributed by atoms with van der Waals surface area (Å²) in [5.41, 5.74) is 2.28. The number of ether oxygens (including phenoxy) is 2. The van der Waals surface area contributed by atoms with E-state index in [1.54, 1.807) is 27.3 Å². The van der Waals surface area contributed by atoms with Gasteiger partial charge in [-0.3, -0.25) is 9.59 Å². The lowest BCUT2D eigenvalue weighted by Gasteiger charge is -2.13. The number of hydrogen-bond donors (Lipinski definition) is 2. The molecule has 0 bridgehead atoms. The van der Waals surface area contributed by atoms with E-state index in [-0.39, 0.29) is 41.0 Å². The van der Waals surface area contributed by atoms with Crippen molar-refractivity contribution in [3.8, 4) is 23.0 Å². The van der Waals surface area contributed by atoms with Crippen LogP contribution in [0.25, 0.3) is 17.0 Å². The predicted octanol–water partition coefficient (Wildman–Crippen LogP) is 3.07. The molecule has 0 radical (unpaired) electrons. The maximum atomic E-state index is 12.9. The number of fused-ring (bicyclic) bond motifs is 2.